The second kappa shape index (κ2) is 6.21. The van der Waals surface area contributed by atoms with Gasteiger partial charge in [0.1, 0.15) is 5.75 Å². The minimum Gasteiger partial charge on any atom is -0.508 e. The second-order valence-corrected chi connectivity index (χ2v) is 4.77. The number of hydrogen-bond donors (Lipinski definition) is 3. The van der Waals surface area contributed by atoms with E-state index in [4.69, 9.17) is 5.73 Å². The maximum atomic E-state index is 11.9. The summed E-state index contributed by atoms with van der Waals surface area (Å²) >= 11 is 0. The van der Waals surface area contributed by atoms with E-state index in [1.807, 2.05) is 30.3 Å². The molecule has 2 aromatic rings. The van der Waals surface area contributed by atoms with Crippen LogP contribution in [0.3, 0.4) is 0 Å². The largest absolute Gasteiger partial charge is 0.508 e. The Kier molecular flexibility index (Phi) is 4.38. The zero-order valence-corrected chi connectivity index (χ0v) is 11.3. The van der Waals surface area contributed by atoms with Gasteiger partial charge in [-0.25, -0.2) is 0 Å². The molecule has 0 fully saturated rings. The van der Waals surface area contributed by atoms with E-state index in [0.29, 0.717) is 5.69 Å². The van der Waals surface area contributed by atoms with Crippen molar-refractivity contribution in [3.05, 3.63) is 59.7 Å². The lowest BCUT2D eigenvalue weighted by atomic mass is 10.0. The first-order valence-electron chi connectivity index (χ1n) is 6.46. The highest BCUT2D eigenvalue weighted by atomic mass is 16.3. The third-order valence-corrected chi connectivity index (χ3v) is 3.13. The first kappa shape index (κ1) is 14.1. The van der Waals surface area contributed by atoms with Crippen molar-refractivity contribution >= 4 is 11.6 Å². The molecule has 4 nitrogen and oxygen atoms in total. The monoisotopic (exact) mass is 270 g/mol. The first-order chi connectivity index (χ1) is 9.56. The number of phenolic OH excluding ortho intramolecular Hbond substituents is 1. The number of amides is 1. The predicted octanol–water partition coefficient (Wildman–Crippen LogP) is 2.73. The van der Waals surface area contributed by atoms with Gasteiger partial charge in [0.05, 0.1) is 0 Å². The van der Waals surface area contributed by atoms with Crippen molar-refractivity contribution in [3.63, 3.8) is 0 Å². The van der Waals surface area contributed by atoms with E-state index in [2.05, 4.69) is 5.32 Å². The summed E-state index contributed by atoms with van der Waals surface area (Å²) < 4.78 is 0. The van der Waals surface area contributed by atoms with E-state index in [1.165, 1.54) is 6.07 Å². The smallest absolute Gasteiger partial charge is 0.226 e. The molecule has 104 valence electrons. The Morgan fingerprint density at radius 2 is 1.95 bits per heavy atom. The summed E-state index contributed by atoms with van der Waals surface area (Å²) in [4.78, 5) is 11.9. The molecule has 0 aliphatic heterocycles. The second-order valence-electron chi connectivity index (χ2n) is 4.77. The number of carbonyl (C=O) groups excluding carboxylic acids is 1. The molecule has 0 bridgehead atoms. The topological polar surface area (TPSA) is 75.4 Å². The average molecular weight is 270 g/mol. The molecule has 1 unspecified atom stereocenters. The summed E-state index contributed by atoms with van der Waals surface area (Å²) in [7, 11) is 0. The average Bonchev–Trinajstić information content (AvgIpc) is 2.44. The highest BCUT2D eigenvalue weighted by Gasteiger charge is 2.11. The molecular weight excluding hydrogens is 252 g/mol. The van der Waals surface area contributed by atoms with Gasteiger partial charge in [-0.3, -0.25) is 4.79 Å². The molecule has 0 aromatic heterocycles. The van der Waals surface area contributed by atoms with Gasteiger partial charge in [0.15, 0.2) is 0 Å². The van der Waals surface area contributed by atoms with Crippen LogP contribution in [0, 0.1) is 6.92 Å². The van der Waals surface area contributed by atoms with Gasteiger partial charge < -0.3 is 16.2 Å². The van der Waals surface area contributed by atoms with E-state index in [1.54, 1.807) is 19.1 Å². The van der Waals surface area contributed by atoms with Crippen LogP contribution in [0.25, 0.3) is 0 Å². The number of anilines is 1. The van der Waals surface area contributed by atoms with Crippen LogP contribution in [-0.4, -0.2) is 11.0 Å². The van der Waals surface area contributed by atoms with Gasteiger partial charge in [-0.15, -0.1) is 0 Å². The number of nitrogens with one attached hydrogen (secondary N) is 1. The molecule has 2 aromatic carbocycles. The molecule has 0 saturated heterocycles. The van der Waals surface area contributed by atoms with Crippen LogP contribution in [0.1, 0.15) is 23.6 Å². The number of hydrogen-bond acceptors (Lipinski definition) is 3. The highest BCUT2D eigenvalue weighted by Crippen LogP contribution is 2.21. The van der Waals surface area contributed by atoms with Crippen molar-refractivity contribution in [1.29, 1.82) is 0 Å². The van der Waals surface area contributed by atoms with Gasteiger partial charge in [-0.1, -0.05) is 36.4 Å². The molecule has 1 atom stereocenters. The van der Waals surface area contributed by atoms with Gasteiger partial charge in [-0.2, -0.15) is 0 Å². The number of aromatic hydroxyl groups is 1. The lowest BCUT2D eigenvalue weighted by Crippen LogP contribution is -2.20. The summed E-state index contributed by atoms with van der Waals surface area (Å²) in [6.07, 6.45) is 0.193. The highest BCUT2D eigenvalue weighted by molar-refractivity contribution is 5.91. The van der Waals surface area contributed by atoms with Crippen molar-refractivity contribution in [2.24, 2.45) is 5.73 Å². The predicted molar refractivity (Wildman–Crippen MR) is 79.5 cm³/mol. The van der Waals surface area contributed by atoms with Gasteiger partial charge >= 0.3 is 0 Å². The molecule has 0 aliphatic carbocycles. The minimum absolute atomic E-state index is 0.162. The van der Waals surface area contributed by atoms with E-state index >= 15 is 0 Å². The summed E-state index contributed by atoms with van der Waals surface area (Å²) in [5.41, 5.74) is 8.25. The van der Waals surface area contributed by atoms with E-state index in [9.17, 15) is 9.90 Å². The van der Waals surface area contributed by atoms with E-state index in [-0.39, 0.29) is 24.1 Å². The molecule has 0 radical (unpaired) electrons. The van der Waals surface area contributed by atoms with Crippen LogP contribution < -0.4 is 11.1 Å². The summed E-state index contributed by atoms with van der Waals surface area (Å²) in [6.45, 7) is 1.80. The van der Waals surface area contributed by atoms with Crippen molar-refractivity contribution in [3.8, 4) is 5.75 Å². The Hall–Kier alpha value is -2.33. The Bertz CT molecular complexity index is 597. The molecule has 0 spiro atoms. The molecule has 0 aliphatic rings. The van der Waals surface area contributed by atoms with Crippen LogP contribution in [0.2, 0.25) is 0 Å². The lowest BCUT2D eigenvalue weighted by Gasteiger charge is -2.12. The van der Waals surface area contributed by atoms with Crippen molar-refractivity contribution in [1.82, 2.24) is 0 Å². The normalized spacial score (nSPS) is 11.9. The maximum absolute atomic E-state index is 11.9. The fourth-order valence-electron chi connectivity index (χ4n) is 1.92. The number of aryl methyl sites for hydroxylation is 1. The van der Waals surface area contributed by atoms with Crippen LogP contribution in [0.5, 0.6) is 5.75 Å². The minimum atomic E-state index is -0.338. The first-order valence-corrected chi connectivity index (χ1v) is 6.46. The molecular formula is C16H18N2O2. The quantitative estimate of drug-likeness (QED) is 0.799. The molecule has 2 rings (SSSR count). The Balaban J connectivity index is 1.97. The Labute approximate surface area is 118 Å². The molecule has 4 N–H and O–H groups in total. The van der Waals surface area contributed by atoms with Crippen molar-refractivity contribution < 1.29 is 9.90 Å². The fraction of sp³-hybridized carbons (Fsp3) is 0.188. The van der Waals surface area contributed by atoms with Gasteiger partial charge in [0, 0.05) is 24.2 Å². The SMILES string of the molecule is Cc1ccc(NC(=O)CC(N)c2ccccc2)cc1O. The number of nitrogens with two attached hydrogens (primary N) is 1. The maximum Gasteiger partial charge on any atom is 0.226 e. The third-order valence-electron chi connectivity index (χ3n) is 3.13. The Morgan fingerprint density at radius 1 is 1.25 bits per heavy atom. The van der Waals surface area contributed by atoms with Crippen LogP contribution >= 0.6 is 0 Å². The van der Waals surface area contributed by atoms with Crippen LogP contribution in [0.15, 0.2) is 48.5 Å². The van der Waals surface area contributed by atoms with Gasteiger partial charge in [0.2, 0.25) is 5.91 Å². The molecule has 1 amide bonds. The van der Waals surface area contributed by atoms with E-state index < -0.39 is 0 Å². The number of benzene rings is 2. The van der Waals surface area contributed by atoms with E-state index in [0.717, 1.165) is 11.1 Å². The number of phenols is 1. The molecule has 4 heteroatoms. The lowest BCUT2D eigenvalue weighted by molar-refractivity contribution is -0.116. The van der Waals surface area contributed by atoms with Gasteiger partial charge in [-0.05, 0) is 24.1 Å². The molecule has 20 heavy (non-hydrogen) atoms. The standard InChI is InChI=1S/C16H18N2O2/c1-11-7-8-13(9-15(11)19)18-16(20)10-14(17)12-5-3-2-4-6-12/h2-9,14,19H,10,17H2,1H3,(H,18,20). The zero-order chi connectivity index (χ0) is 14.5. The summed E-state index contributed by atoms with van der Waals surface area (Å²) in [5, 5.41) is 12.3. The van der Waals surface area contributed by atoms with Gasteiger partial charge in [0.25, 0.3) is 0 Å². The third kappa shape index (κ3) is 3.59. The zero-order valence-electron chi connectivity index (χ0n) is 11.3. The van der Waals surface area contributed by atoms with Crippen molar-refractivity contribution in [2.45, 2.75) is 19.4 Å². The fourth-order valence-corrected chi connectivity index (χ4v) is 1.92. The molecule has 0 saturated carbocycles. The summed E-state index contributed by atoms with van der Waals surface area (Å²) in [5.74, 6) is -0.0141. The Morgan fingerprint density at radius 3 is 2.60 bits per heavy atom. The number of carbonyl (C=O) groups is 1. The van der Waals surface area contributed by atoms with Crippen LogP contribution in [-0.2, 0) is 4.79 Å². The number of rotatable bonds is 4. The molecule has 0 heterocycles. The van der Waals surface area contributed by atoms with Crippen molar-refractivity contribution in [2.75, 3.05) is 5.32 Å². The van der Waals surface area contributed by atoms with Crippen LogP contribution in [0.4, 0.5) is 5.69 Å². The summed E-state index contributed by atoms with van der Waals surface area (Å²) in [6, 6.07) is 14.2.